The van der Waals surface area contributed by atoms with Gasteiger partial charge in [-0.2, -0.15) is 0 Å². The summed E-state index contributed by atoms with van der Waals surface area (Å²) >= 11 is 3.10. The van der Waals surface area contributed by atoms with E-state index in [4.69, 9.17) is 0 Å². The summed E-state index contributed by atoms with van der Waals surface area (Å²) in [6.07, 6.45) is 0. The Hall–Kier alpha value is -0.940. The minimum Gasteiger partial charge on any atom is -0.389 e. The van der Waals surface area contributed by atoms with E-state index < -0.39 is 11.4 Å². The Morgan fingerprint density at radius 1 is 1.56 bits per heavy atom. The van der Waals surface area contributed by atoms with Crippen LogP contribution in [0.1, 0.15) is 24.2 Å². The lowest BCUT2D eigenvalue weighted by atomic mass is 10.1. The molecule has 0 aliphatic rings. The van der Waals surface area contributed by atoms with E-state index >= 15 is 0 Å². The van der Waals surface area contributed by atoms with Crippen LogP contribution in [0.15, 0.2) is 22.7 Å². The normalized spacial score (nSPS) is 11.3. The lowest BCUT2D eigenvalue weighted by Crippen LogP contribution is -2.38. The summed E-state index contributed by atoms with van der Waals surface area (Å²) in [6, 6.07) is 3.82. The average Bonchev–Trinajstić information content (AvgIpc) is 2.13. The molecule has 0 radical (unpaired) electrons. The van der Waals surface area contributed by atoms with Gasteiger partial charge in [-0.1, -0.05) is 0 Å². The van der Waals surface area contributed by atoms with Crippen molar-refractivity contribution in [3.63, 3.8) is 0 Å². The number of aliphatic hydroxyl groups is 1. The second kappa shape index (κ2) is 4.93. The fourth-order valence-electron chi connectivity index (χ4n) is 1.07. The van der Waals surface area contributed by atoms with E-state index in [0.717, 1.165) is 0 Å². The van der Waals surface area contributed by atoms with Gasteiger partial charge in [0.25, 0.3) is 5.91 Å². The first-order chi connectivity index (χ1) is 7.29. The van der Waals surface area contributed by atoms with Crippen LogP contribution in [0.3, 0.4) is 0 Å². The van der Waals surface area contributed by atoms with Crippen molar-refractivity contribution in [1.29, 1.82) is 0 Å². The minimum atomic E-state index is -0.970. The maximum Gasteiger partial charge on any atom is 0.252 e. The van der Waals surface area contributed by atoms with E-state index in [1.54, 1.807) is 13.8 Å². The average molecular weight is 290 g/mol. The Morgan fingerprint density at radius 3 is 2.69 bits per heavy atom. The highest BCUT2D eigenvalue weighted by molar-refractivity contribution is 9.10. The molecule has 0 unspecified atom stereocenters. The number of amides is 1. The molecule has 0 saturated heterocycles. The Bertz CT molecular complexity index is 401. The maximum atomic E-state index is 12.8. The van der Waals surface area contributed by atoms with Gasteiger partial charge in [-0.25, -0.2) is 4.39 Å². The van der Waals surface area contributed by atoms with Crippen molar-refractivity contribution in [3.8, 4) is 0 Å². The lowest BCUT2D eigenvalue weighted by molar-refractivity contribution is 0.0694. The number of carbonyl (C=O) groups excluding carboxylic acids is 1. The minimum absolute atomic E-state index is 0.135. The van der Waals surface area contributed by atoms with Gasteiger partial charge in [0.15, 0.2) is 0 Å². The van der Waals surface area contributed by atoms with E-state index in [9.17, 15) is 14.3 Å². The van der Waals surface area contributed by atoms with E-state index in [2.05, 4.69) is 21.2 Å². The van der Waals surface area contributed by atoms with Crippen LogP contribution in [0.2, 0.25) is 0 Å². The van der Waals surface area contributed by atoms with Gasteiger partial charge < -0.3 is 10.4 Å². The van der Waals surface area contributed by atoms with E-state index in [1.807, 2.05) is 0 Å². The molecule has 0 saturated carbocycles. The molecule has 0 bridgehead atoms. The van der Waals surface area contributed by atoms with Crippen LogP contribution in [-0.4, -0.2) is 23.2 Å². The van der Waals surface area contributed by atoms with Gasteiger partial charge in [0, 0.05) is 11.0 Å². The Kier molecular flexibility index (Phi) is 4.04. The maximum absolute atomic E-state index is 12.8. The van der Waals surface area contributed by atoms with Crippen LogP contribution in [-0.2, 0) is 0 Å². The van der Waals surface area contributed by atoms with Gasteiger partial charge >= 0.3 is 0 Å². The van der Waals surface area contributed by atoms with Crippen LogP contribution in [0.5, 0.6) is 0 Å². The largest absolute Gasteiger partial charge is 0.389 e. The molecule has 0 aliphatic heterocycles. The Morgan fingerprint density at radius 2 is 2.19 bits per heavy atom. The topological polar surface area (TPSA) is 49.3 Å². The van der Waals surface area contributed by atoms with Gasteiger partial charge in [0.05, 0.1) is 11.2 Å². The molecule has 0 aliphatic carbocycles. The zero-order valence-corrected chi connectivity index (χ0v) is 10.6. The highest BCUT2D eigenvalue weighted by Crippen LogP contribution is 2.17. The molecule has 16 heavy (non-hydrogen) atoms. The van der Waals surface area contributed by atoms with Crippen molar-refractivity contribution in [1.82, 2.24) is 5.32 Å². The first-order valence-corrected chi connectivity index (χ1v) is 5.54. The zero-order chi connectivity index (χ0) is 12.3. The van der Waals surface area contributed by atoms with Crippen LogP contribution < -0.4 is 5.32 Å². The molecule has 1 amide bonds. The molecule has 88 valence electrons. The second-order valence-electron chi connectivity index (χ2n) is 4.12. The summed E-state index contributed by atoms with van der Waals surface area (Å²) in [6.45, 7) is 3.32. The highest BCUT2D eigenvalue weighted by Gasteiger charge is 2.16. The fraction of sp³-hybridized carbons (Fsp3) is 0.364. The van der Waals surface area contributed by atoms with E-state index in [-0.39, 0.29) is 12.5 Å². The van der Waals surface area contributed by atoms with Crippen molar-refractivity contribution in [2.75, 3.05) is 6.54 Å². The molecule has 0 spiro atoms. The quantitative estimate of drug-likeness (QED) is 0.895. The SMILES string of the molecule is CC(C)(O)CNC(=O)c1ccc(F)cc1Br. The van der Waals surface area contributed by atoms with Gasteiger partial charge in [-0.3, -0.25) is 4.79 Å². The standard InChI is InChI=1S/C11H13BrFNO2/c1-11(2,16)6-14-10(15)8-4-3-7(13)5-9(8)12/h3-5,16H,6H2,1-2H3,(H,14,15). The number of nitrogens with one attached hydrogen (secondary N) is 1. The van der Waals surface area contributed by atoms with Gasteiger partial charge in [-0.05, 0) is 48.0 Å². The number of hydrogen-bond donors (Lipinski definition) is 2. The van der Waals surface area contributed by atoms with Crippen LogP contribution >= 0.6 is 15.9 Å². The van der Waals surface area contributed by atoms with Gasteiger partial charge in [0.2, 0.25) is 0 Å². The molecule has 1 aromatic rings. The third-order valence-corrected chi connectivity index (χ3v) is 2.51. The number of carbonyl (C=O) groups is 1. The molecule has 1 aromatic carbocycles. The van der Waals surface area contributed by atoms with Crippen LogP contribution in [0.25, 0.3) is 0 Å². The van der Waals surface area contributed by atoms with Crippen molar-refractivity contribution >= 4 is 21.8 Å². The first kappa shape index (κ1) is 13.1. The summed E-state index contributed by atoms with van der Waals surface area (Å²) in [7, 11) is 0. The third-order valence-electron chi connectivity index (χ3n) is 1.86. The zero-order valence-electron chi connectivity index (χ0n) is 9.05. The molecule has 0 fully saturated rings. The Balaban J connectivity index is 2.74. The summed E-state index contributed by atoms with van der Waals surface area (Å²) in [5, 5.41) is 12.0. The monoisotopic (exact) mass is 289 g/mol. The van der Waals surface area contributed by atoms with Crippen LogP contribution in [0, 0.1) is 5.82 Å². The molecule has 5 heteroatoms. The smallest absolute Gasteiger partial charge is 0.252 e. The molecule has 0 aromatic heterocycles. The van der Waals surface area contributed by atoms with E-state index in [0.29, 0.717) is 10.0 Å². The van der Waals surface area contributed by atoms with Crippen molar-refractivity contribution < 1.29 is 14.3 Å². The number of benzene rings is 1. The van der Waals surface area contributed by atoms with Crippen molar-refractivity contribution in [2.24, 2.45) is 0 Å². The summed E-state index contributed by atoms with van der Waals surface area (Å²) in [4.78, 5) is 11.6. The molecule has 2 N–H and O–H groups in total. The first-order valence-electron chi connectivity index (χ1n) is 4.75. The molecule has 0 atom stereocenters. The van der Waals surface area contributed by atoms with Crippen LogP contribution in [0.4, 0.5) is 4.39 Å². The number of halogens is 2. The molecule has 3 nitrogen and oxygen atoms in total. The third kappa shape index (κ3) is 3.90. The summed E-state index contributed by atoms with van der Waals surface area (Å²) in [5.74, 6) is -0.764. The molecule has 1 rings (SSSR count). The fourth-order valence-corrected chi connectivity index (χ4v) is 1.60. The number of hydrogen-bond acceptors (Lipinski definition) is 2. The molecule has 0 heterocycles. The van der Waals surface area contributed by atoms with Gasteiger partial charge in [-0.15, -0.1) is 0 Å². The molecular formula is C11H13BrFNO2. The highest BCUT2D eigenvalue weighted by atomic mass is 79.9. The second-order valence-corrected chi connectivity index (χ2v) is 4.97. The van der Waals surface area contributed by atoms with E-state index in [1.165, 1.54) is 18.2 Å². The number of rotatable bonds is 3. The predicted molar refractivity (Wildman–Crippen MR) is 62.7 cm³/mol. The summed E-state index contributed by atoms with van der Waals surface area (Å²) in [5.41, 5.74) is -0.632. The Labute approximate surface area is 102 Å². The lowest BCUT2D eigenvalue weighted by Gasteiger charge is -2.17. The molecular weight excluding hydrogens is 277 g/mol. The van der Waals surface area contributed by atoms with Crippen molar-refractivity contribution in [2.45, 2.75) is 19.4 Å². The predicted octanol–water partition coefficient (Wildman–Crippen LogP) is 2.09. The van der Waals surface area contributed by atoms with Gasteiger partial charge in [0.1, 0.15) is 5.82 Å². The van der Waals surface area contributed by atoms with Crippen molar-refractivity contribution in [3.05, 3.63) is 34.1 Å². The summed E-state index contributed by atoms with van der Waals surface area (Å²) < 4.78 is 13.2.